The van der Waals surface area contributed by atoms with Gasteiger partial charge in [0.25, 0.3) is 0 Å². The molecule has 2 unspecified atom stereocenters. The molecule has 6 rings (SSSR count). The number of carbonyl (C=O) groups excluding carboxylic acids is 1. The van der Waals surface area contributed by atoms with Crippen LogP contribution in [0.4, 0.5) is 11.5 Å². The van der Waals surface area contributed by atoms with Crippen molar-refractivity contribution in [2.45, 2.75) is 71.3 Å². The van der Waals surface area contributed by atoms with Crippen molar-refractivity contribution in [3.63, 3.8) is 0 Å². The molecule has 10 heteroatoms. The van der Waals surface area contributed by atoms with Gasteiger partial charge in [0, 0.05) is 13.5 Å². The number of aromatic nitrogens is 4. The number of nitrogens with one attached hydrogen (secondary N) is 1. The van der Waals surface area contributed by atoms with Gasteiger partial charge in [-0.05, 0) is 81.5 Å². The van der Waals surface area contributed by atoms with E-state index in [4.69, 9.17) is 11.6 Å². The SMILES string of the molecule is Cc1nn(C)c(C)c1NC(=O)CC12CC3CC(C1)CC(n1nc([N+](=O)[O-])c(Cl)c1C)(C3)C2. The van der Waals surface area contributed by atoms with Crippen molar-refractivity contribution in [3.05, 3.63) is 32.2 Å². The molecule has 4 bridgehead atoms. The van der Waals surface area contributed by atoms with E-state index < -0.39 is 4.92 Å². The van der Waals surface area contributed by atoms with Crippen LogP contribution in [0.3, 0.4) is 0 Å². The van der Waals surface area contributed by atoms with Gasteiger partial charge >= 0.3 is 5.82 Å². The van der Waals surface area contributed by atoms with Gasteiger partial charge < -0.3 is 15.4 Å². The van der Waals surface area contributed by atoms with Crippen LogP contribution in [-0.4, -0.2) is 30.4 Å². The summed E-state index contributed by atoms with van der Waals surface area (Å²) in [4.78, 5) is 24.1. The Hall–Kier alpha value is -2.42. The lowest BCUT2D eigenvalue weighted by Crippen LogP contribution is -2.57. The third-order valence-electron chi connectivity index (χ3n) is 8.11. The molecule has 0 radical (unpaired) electrons. The number of halogens is 1. The summed E-state index contributed by atoms with van der Waals surface area (Å²) in [5.41, 5.74) is 2.79. The first-order valence-electron chi connectivity index (χ1n) is 11.2. The summed E-state index contributed by atoms with van der Waals surface area (Å²) >= 11 is 6.29. The third kappa shape index (κ3) is 3.16. The average molecular weight is 461 g/mol. The van der Waals surface area contributed by atoms with Gasteiger partial charge in [0.2, 0.25) is 5.91 Å². The zero-order valence-electron chi connectivity index (χ0n) is 18.9. The molecule has 172 valence electrons. The van der Waals surface area contributed by atoms with Crippen LogP contribution < -0.4 is 5.32 Å². The number of carbonyl (C=O) groups is 1. The summed E-state index contributed by atoms with van der Waals surface area (Å²) in [6.45, 7) is 5.67. The molecular formula is C22H29ClN6O3. The van der Waals surface area contributed by atoms with Crippen LogP contribution in [0.5, 0.6) is 0 Å². The Bertz CT molecular complexity index is 1120. The molecule has 9 nitrogen and oxygen atoms in total. The van der Waals surface area contributed by atoms with E-state index in [0.29, 0.717) is 24.0 Å². The van der Waals surface area contributed by atoms with Crippen LogP contribution in [-0.2, 0) is 17.4 Å². The number of nitro groups is 1. The minimum atomic E-state index is -0.506. The van der Waals surface area contributed by atoms with Gasteiger partial charge in [-0.2, -0.15) is 9.78 Å². The molecule has 2 aromatic rings. The van der Waals surface area contributed by atoms with Gasteiger partial charge in [0.15, 0.2) is 5.02 Å². The summed E-state index contributed by atoms with van der Waals surface area (Å²) in [6, 6.07) is 0. The predicted octanol–water partition coefficient (Wildman–Crippen LogP) is 4.43. The molecule has 1 amide bonds. The number of rotatable bonds is 5. The quantitative estimate of drug-likeness (QED) is 0.524. The van der Waals surface area contributed by atoms with Crippen LogP contribution in [0, 0.1) is 48.1 Å². The van der Waals surface area contributed by atoms with E-state index in [1.165, 1.54) is 6.42 Å². The van der Waals surface area contributed by atoms with Crippen molar-refractivity contribution < 1.29 is 9.72 Å². The van der Waals surface area contributed by atoms with Crippen molar-refractivity contribution in [2.24, 2.45) is 24.3 Å². The van der Waals surface area contributed by atoms with E-state index in [1.807, 2.05) is 32.5 Å². The van der Waals surface area contributed by atoms with Gasteiger partial charge in [-0.3, -0.25) is 9.48 Å². The van der Waals surface area contributed by atoms with E-state index in [1.54, 1.807) is 4.68 Å². The zero-order chi connectivity index (χ0) is 23.0. The topological polar surface area (TPSA) is 108 Å². The molecule has 0 aliphatic heterocycles. The summed E-state index contributed by atoms with van der Waals surface area (Å²) in [7, 11) is 1.87. The van der Waals surface area contributed by atoms with Gasteiger partial charge in [-0.25, -0.2) is 0 Å². The van der Waals surface area contributed by atoms with Crippen molar-refractivity contribution in [1.29, 1.82) is 0 Å². The molecule has 1 N–H and O–H groups in total. The summed E-state index contributed by atoms with van der Waals surface area (Å²) in [5.74, 6) is 0.761. The minimum absolute atomic E-state index is 0.0162. The Morgan fingerprint density at radius 2 is 1.84 bits per heavy atom. The lowest BCUT2D eigenvalue weighted by atomic mass is 9.46. The number of hydrogen-bond donors (Lipinski definition) is 1. The Kier molecular flexibility index (Phi) is 4.71. The molecule has 2 atom stereocenters. The zero-order valence-corrected chi connectivity index (χ0v) is 19.7. The number of amides is 1. The van der Waals surface area contributed by atoms with Crippen molar-refractivity contribution >= 4 is 29.0 Å². The fourth-order valence-corrected chi connectivity index (χ4v) is 7.57. The lowest BCUT2D eigenvalue weighted by molar-refractivity contribution is -0.389. The smallest absolute Gasteiger partial charge is 0.358 e. The molecule has 2 aromatic heterocycles. The molecule has 4 aliphatic rings. The fraction of sp³-hybridized carbons (Fsp3) is 0.682. The molecule has 4 fully saturated rings. The van der Waals surface area contributed by atoms with Crippen LogP contribution in [0.2, 0.25) is 5.02 Å². The Morgan fingerprint density at radius 3 is 2.38 bits per heavy atom. The van der Waals surface area contributed by atoms with Gasteiger partial charge in [-0.1, -0.05) is 11.6 Å². The highest BCUT2D eigenvalue weighted by atomic mass is 35.5. The second-order valence-electron chi connectivity index (χ2n) is 10.5. The van der Waals surface area contributed by atoms with Gasteiger partial charge in [-0.15, -0.1) is 0 Å². The lowest BCUT2D eigenvalue weighted by Gasteiger charge is -2.61. The fourth-order valence-electron chi connectivity index (χ4n) is 7.38. The first-order chi connectivity index (χ1) is 15.0. The first-order valence-corrected chi connectivity index (χ1v) is 11.6. The van der Waals surface area contributed by atoms with Gasteiger partial charge in [0.1, 0.15) is 0 Å². The normalized spacial score (nSPS) is 30.7. The molecule has 32 heavy (non-hydrogen) atoms. The standard InChI is InChI=1S/C22H29ClN6O3/c1-12-19(14(3)27(4)25-12)24-17(30)10-21-6-15-5-16(7-21)9-22(8-15,11-21)28-13(2)18(23)20(26-28)29(31)32/h15-16H,5-11H2,1-4H3,(H,24,30). The van der Waals surface area contributed by atoms with Crippen LogP contribution in [0.15, 0.2) is 0 Å². The van der Waals surface area contributed by atoms with Crippen LogP contribution in [0.1, 0.15) is 62.0 Å². The molecule has 4 saturated carbocycles. The molecular weight excluding hydrogens is 432 g/mol. The summed E-state index contributed by atoms with van der Waals surface area (Å²) in [6.07, 6.45) is 6.38. The van der Waals surface area contributed by atoms with Crippen LogP contribution >= 0.6 is 11.6 Å². The molecule has 0 aromatic carbocycles. The van der Waals surface area contributed by atoms with Crippen molar-refractivity contribution in [3.8, 4) is 0 Å². The van der Waals surface area contributed by atoms with E-state index in [2.05, 4.69) is 15.5 Å². The number of nitrogens with zero attached hydrogens (tertiary/aromatic N) is 5. The Balaban J connectivity index is 1.45. The summed E-state index contributed by atoms with van der Waals surface area (Å²) < 4.78 is 3.62. The van der Waals surface area contributed by atoms with E-state index in [0.717, 1.165) is 49.2 Å². The summed E-state index contributed by atoms with van der Waals surface area (Å²) in [5, 5.41) is 23.4. The van der Waals surface area contributed by atoms with Crippen LogP contribution in [0.25, 0.3) is 0 Å². The third-order valence-corrected chi connectivity index (χ3v) is 8.55. The molecule has 0 spiro atoms. The van der Waals surface area contributed by atoms with Gasteiger partial charge in [0.05, 0.1) is 33.4 Å². The Morgan fingerprint density at radius 1 is 1.19 bits per heavy atom. The second kappa shape index (κ2) is 7.04. The highest BCUT2D eigenvalue weighted by Gasteiger charge is 2.60. The van der Waals surface area contributed by atoms with Crippen molar-refractivity contribution in [1.82, 2.24) is 19.6 Å². The number of anilines is 1. The Labute approximate surface area is 191 Å². The highest BCUT2D eigenvalue weighted by Crippen LogP contribution is 2.65. The highest BCUT2D eigenvalue weighted by molar-refractivity contribution is 6.33. The second-order valence-corrected chi connectivity index (χ2v) is 10.8. The maximum absolute atomic E-state index is 13.2. The predicted molar refractivity (Wildman–Crippen MR) is 120 cm³/mol. The first kappa shape index (κ1) is 21.4. The maximum atomic E-state index is 13.2. The van der Waals surface area contributed by atoms with E-state index >= 15 is 0 Å². The van der Waals surface area contributed by atoms with Crippen molar-refractivity contribution in [2.75, 3.05) is 5.32 Å². The largest absolute Gasteiger partial charge is 0.408 e. The maximum Gasteiger partial charge on any atom is 0.408 e. The molecule has 0 saturated heterocycles. The van der Waals surface area contributed by atoms with E-state index in [9.17, 15) is 14.9 Å². The number of hydrogen-bond acceptors (Lipinski definition) is 5. The average Bonchev–Trinajstić information content (AvgIpc) is 3.11. The minimum Gasteiger partial charge on any atom is -0.358 e. The number of aryl methyl sites for hydroxylation is 2. The molecule has 2 heterocycles. The van der Waals surface area contributed by atoms with E-state index in [-0.39, 0.29) is 27.7 Å². The molecule has 4 aliphatic carbocycles. The monoisotopic (exact) mass is 460 g/mol.